The van der Waals surface area contributed by atoms with Crippen LogP contribution < -0.4 is 10.2 Å². The Hall–Kier alpha value is -3.05. The molecule has 44 heavy (non-hydrogen) atoms. The van der Waals surface area contributed by atoms with E-state index in [4.69, 9.17) is 9.57 Å². The molecule has 0 saturated carbocycles. The fraction of sp³-hybridized carbons (Fsp3) is 0.481. The second-order valence-corrected chi connectivity index (χ2v) is 10.5. The maximum Gasteiger partial charge on any atom is 0.416 e. The maximum absolute atomic E-state index is 13.7. The van der Waals surface area contributed by atoms with E-state index in [-0.39, 0.29) is 41.6 Å². The lowest BCUT2D eigenvalue weighted by Gasteiger charge is -2.41. The second kappa shape index (κ2) is 12.7. The Kier molecular flexibility index (Phi) is 9.80. The predicted molar refractivity (Wildman–Crippen MR) is 144 cm³/mol. The van der Waals surface area contributed by atoms with Gasteiger partial charge in [-0.3, -0.25) is 10.2 Å². The summed E-state index contributed by atoms with van der Waals surface area (Å²) in [6, 6.07) is 2.54. The first-order chi connectivity index (χ1) is 20.5. The van der Waals surface area contributed by atoms with Gasteiger partial charge in [0.05, 0.1) is 40.9 Å². The first-order valence-electron chi connectivity index (χ1n) is 13.2. The number of halogens is 10. The minimum atomic E-state index is -5.07. The predicted octanol–water partition coefficient (Wildman–Crippen LogP) is 8.04. The molecule has 0 aromatic heterocycles. The molecule has 2 aromatic carbocycles. The van der Waals surface area contributed by atoms with E-state index in [1.54, 1.807) is 13.8 Å². The SMILES string of the molecule is CCOC(=O)N1c2ccc(C(F)(F)F)cc2[C@@H](NC2N=C(CBr)ON2Cc2cc(C(F)(F)F)cc(C(F)(F)F)c2)C[C@H]1CC. The molecular weight excluding hydrogens is 679 g/mol. The molecule has 0 bridgehead atoms. The van der Waals surface area contributed by atoms with E-state index in [0.717, 1.165) is 23.3 Å². The van der Waals surface area contributed by atoms with Gasteiger partial charge in [0.1, 0.15) is 0 Å². The number of benzene rings is 2. The molecule has 242 valence electrons. The van der Waals surface area contributed by atoms with Gasteiger partial charge in [-0.2, -0.15) is 39.5 Å². The fourth-order valence-electron chi connectivity index (χ4n) is 5.06. The van der Waals surface area contributed by atoms with Crippen LogP contribution in [0.25, 0.3) is 0 Å². The van der Waals surface area contributed by atoms with E-state index in [1.165, 1.54) is 4.90 Å². The van der Waals surface area contributed by atoms with E-state index in [0.29, 0.717) is 18.6 Å². The minimum absolute atomic E-state index is 0.00185. The molecule has 3 atom stereocenters. The van der Waals surface area contributed by atoms with E-state index < -0.39 is 71.8 Å². The quantitative estimate of drug-likeness (QED) is 0.234. The van der Waals surface area contributed by atoms with Crippen LogP contribution in [0.2, 0.25) is 0 Å². The van der Waals surface area contributed by atoms with Crippen LogP contribution in [0.3, 0.4) is 0 Å². The zero-order valence-corrected chi connectivity index (χ0v) is 24.7. The maximum atomic E-state index is 13.7. The van der Waals surface area contributed by atoms with Gasteiger partial charge in [-0.15, -0.1) is 0 Å². The molecule has 0 aliphatic carbocycles. The fourth-order valence-corrected chi connectivity index (χ4v) is 5.30. The van der Waals surface area contributed by atoms with Crippen LogP contribution in [0, 0.1) is 0 Å². The van der Waals surface area contributed by atoms with Crippen LogP contribution in [-0.2, 0) is 34.6 Å². The molecule has 1 amide bonds. The number of hydrogen-bond acceptors (Lipinski definition) is 6. The normalized spacial score (nSPS) is 21.1. The van der Waals surface area contributed by atoms with E-state index in [1.807, 2.05) is 0 Å². The lowest BCUT2D eigenvalue weighted by Crippen LogP contribution is -2.50. The van der Waals surface area contributed by atoms with E-state index in [9.17, 15) is 44.3 Å². The van der Waals surface area contributed by atoms with Crippen molar-refractivity contribution in [3.8, 4) is 0 Å². The number of aliphatic imine (C=N–C) groups is 1. The first-order valence-corrected chi connectivity index (χ1v) is 14.4. The highest BCUT2D eigenvalue weighted by molar-refractivity contribution is 9.09. The highest BCUT2D eigenvalue weighted by Gasteiger charge is 2.42. The van der Waals surface area contributed by atoms with Gasteiger partial charge in [0.15, 0.2) is 6.29 Å². The van der Waals surface area contributed by atoms with Crippen molar-refractivity contribution in [2.75, 3.05) is 16.8 Å². The van der Waals surface area contributed by atoms with Crippen LogP contribution in [0.1, 0.15) is 60.5 Å². The number of alkyl halides is 10. The number of nitrogens with one attached hydrogen (secondary N) is 1. The van der Waals surface area contributed by atoms with E-state index >= 15 is 0 Å². The number of hydroxylamine groups is 2. The Morgan fingerprint density at radius 2 is 1.59 bits per heavy atom. The Labute approximate surface area is 254 Å². The summed E-state index contributed by atoms with van der Waals surface area (Å²) in [6.07, 6.45) is -16.4. The van der Waals surface area contributed by atoms with Gasteiger partial charge in [0.2, 0.25) is 5.90 Å². The highest BCUT2D eigenvalue weighted by atomic mass is 79.9. The molecule has 1 unspecified atom stereocenters. The molecule has 0 radical (unpaired) electrons. The summed E-state index contributed by atoms with van der Waals surface area (Å²) in [5, 5.41) is 4.05. The van der Waals surface area contributed by atoms with Gasteiger partial charge in [-0.05, 0) is 67.3 Å². The molecule has 4 rings (SSSR count). The van der Waals surface area contributed by atoms with E-state index in [2.05, 4.69) is 26.2 Å². The Balaban J connectivity index is 1.72. The lowest BCUT2D eigenvalue weighted by molar-refractivity contribution is -0.143. The number of hydrogen-bond donors (Lipinski definition) is 1. The standard InChI is InChI=1S/C27H26BrF9N4O3/c1-3-18-11-20(19-10-15(25(29,30)31)5-6-21(19)41(18)24(42)43-4-2)38-23-39-22(12-28)44-40(23)13-14-7-16(26(32,33)34)9-17(8-14)27(35,36)37/h5-10,18,20,23,38H,3-4,11-13H2,1-2H3/t18-,20+,23?/m1/s1. The smallest absolute Gasteiger partial charge is 0.416 e. The van der Waals surface area contributed by atoms with Gasteiger partial charge in [-0.25, -0.2) is 9.79 Å². The van der Waals surface area contributed by atoms with Crippen molar-refractivity contribution >= 4 is 33.6 Å². The topological polar surface area (TPSA) is 66.4 Å². The van der Waals surface area contributed by atoms with Crippen LogP contribution in [-0.4, -0.2) is 41.3 Å². The number of amides is 1. The van der Waals surface area contributed by atoms with Gasteiger partial charge in [0, 0.05) is 12.1 Å². The van der Waals surface area contributed by atoms with Gasteiger partial charge in [-0.1, -0.05) is 27.9 Å². The zero-order chi connectivity index (χ0) is 32.6. The van der Waals surface area contributed by atoms with Crippen molar-refractivity contribution < 1.29 is 53.9 Å². The number of nitrogens with zero attached hydrogens (tertiary/aromatic N) is 3. The Morgan fingerprint density at radius 3 is 2.11 bits per heavy atom. The molecular formula is C27H26BrF9N4O3. The molecule has 2 heterocycles. The Bertz CT molecular complexity index is 1370. The van der Waals surface area contributed by atoms with Gasteiger partial charge < -0.3 is 9.57 Å². The highest BCUT2D eigenvalue weighted by Crippen LogP contribution is 2.43. The molecule has 0 saturated heterocycles. The monoisotopic (exact) mass is 704 g/mol. The van der Waals surface area contributed by atoms with Crippen molar-refractivity contribution in [2.45, 2.75) is 70.1 Å². The number of rotatable bonds is 7. The summed E-state index contributed by atoms with van der Waals surface area (Å²) in [5.41, 5.74) is -4.20. The van der Waals surface area contributed by atoms with Crippen molar-refractivity contribution in [2.24, 2.45) is 4.99 Å². The molecule has 1 N–H and O–H groups in total. The number of fused-ring (bicyclic) bond motifs is 1. The van der Waals surface area contributed by atoms with Crippen molar-refractivity contribution in [3.05, 3.63) is 64.2 Å². The molecule has 2 aliphatic rings. The van der Waals surface area contributed by atoms with Crippen LogP contribution in [0.15, 0.2) is 41.4 Å². The van der Waals surface area contributed by atoms with Crippen molar-refractivity contribution in [1.29, 1.82) is 0 Å². The summed E-state index contributed by atoms with van der Waals surface area (Å²) in [5.74, 6) is 0.0192. The summed E-state index contributed by atoms with van der Waals surface area (Å²) >= 11 is 3.14. The molecule has 0 fully saturated rings. The van der Waals surface area contributed by atoms with Crippen LogP contribution in [0.5, 0.6) is 0 Å². The third kappa shape index (κ3) is 7.42. The number of carbonyl (C=O) groups excluding carboxylic acids is 1. The second-order valence-electron chi connectivity index (χ2n) is 9.97. The van der Waals surface area contributed by atoms with Crippen molar-refractivity contribution in [1.82, 2.24) is 10.4 Å². The molecule has 17 heteroatoms. The third-order valence-electron chi connectivity index (χ3n) is 7.01. The summed E-state index contributed by atoms with van der Waals surface area (Å²) in [6.45, 7) is 2.77. The third-order valence-corrected chi connectivity index (χ3v) is 7.49. The number of anilines is 1. The Morgan fingerprint density at radius 1 is 0.977 bits per heavy atom. The molecule has 0 spiro atoms. The lowest BCUT2D eigenvalue weighted by atomic mass is 9.88. The zero-order valence-electron chi connectivity index (χ0n) is 23.1. The average Bonchev–Trinajstić information content (AvgIpc) is 3.31. The van der Waals surface area contributed by atoms with Gasteiger partial charge in [0.25, 0.3) is 0 Å². The van der Waals surface area contributed by atoms with Crippen LogP contribution >= 0.6 is 15.9 Å². The van der Waals surface area contributed by atoms with Gasteiger partial charge >= 0.3 is 24.6 Å². The molecule has 2 aliphatic heterocycles. The first kappa shape index (κ1) is 33.8. The van der Waals surface area contributed by atoms with Crippen LogP contribution in [0.4, 0.5) is 50.0 Å². The minimum Gasteiger partial charge on any atom is -0.449 e. The van der Waals surface area contributed by atoms with Crippen molar-refractivity contribution in [3.63, 3.8) is 0 Å². The molecule has 7 nitrogen and oxygen atoms in total. The number of ether oxygens (including phenoxy) is 1. The summed E-state index contributed by atoms with van der Waals surface area (Å²) < 4.78 is 127. The average molecular weight is 705 g/mol. The summed E-state index contributed by atoms with van der Waals surface area (Å²) in [4.78, 5) is 24.0. The summed E-state index contributed by atoms with van der Waals surface area (Å²) in [7, 11) is 0. The number of carbonyl (C=O) groups is 1. The largest absolute Gasteiger partial charge is 0.449 e. The molecule has 2 aromatic rings.